The van der Waals surface area contributed by atoms with E-state index in [0.717, 1.165) is 0 Å². The number of ether oxygens (including phenoxy) is 1. The molecular formula is C20H19N3O4S. The molecule has 0 saturated carbocycles. The lowest BCUT2D eigenvalue weighted by atomic mass is 9.90. The summed E-state index contributed by atoms with van der Waals surface area (Å²) >= 11 is 3.53. The van der Waals surface area contributed by atoms with E-state index in [2.05, 4.69) is 17.6 Å². The molecule has 5 rings (SSSR count). The summed E-state index contributed by atoms with van der Waals surface area (Å²) in [5, 5.41) is 11.2. The Morgan fingerprint density at radius 3 is 2.86 bits per heavy atom. The predicted octanol–water partition coefficient (Wildman–Crippen LogP) is 1.82. The first-order valence-electron chi connectivity index (χ1n) is 9.09. The smallest absolute Gasteiger partial charge is 0.342 e. The Morgan fingerprint density at radius 1 is 1.36 bits per heavy atom. The Morgan fingerprint density at radius 2 is 2.11 bits per heavy atom. The van der Waals surface area contributed by atoms with Crippen LogP contribution in [0.3, 0.4) is 0 Å². The number of pyridine rings is 2. The van der Waals surface area contributed by atoms with E-state index in [1.165, 1.54) is 11.5 Å². The molecule has 0 saturated heterocycles. The summed E-state index contributed by atoms with van der Waals surface area (Å²) < 4.78 is 15.0. The number of anilines is 1. The summed E-state index contributed by atoms with van der Waals surface area (Å²) in [5.41, 5.74) is 6.78. The highest BCUT2D eigenvalue weighted by Crippen LogP contribution is 2.37. The molecule has 1 atom stereocenters. The number of rotatable bonds is 0. The molecule has 1 aromatic carbocycles. The van der Waals surface area contributed by atoms with Gasteiger partial charge in [-0.05, 0) is 43.5 Å². The molecule has 3 N–H and O–H groups in total. The van der Waals surface area contributed by atoms with Crippen LogP contribution in [-0.2, 0) is 28.3 Å². The molecule has 3 aromatic rings. The highest BCUT2D eigenvalue weighted by molar-refractivity contribution is 7.79. The van der Waals surface area contributed by atoms with Crippen LogP contribution in [-0.4, -0.2) is 26.9 Å². The van der Waals surface area contributed by atoms with Crippen molar-refractivity contribution in [2.24, 2.45) is 0 Å². The number of thiol groups is 1. The van der Waals surface area contributed by atoms with E-state index in [1.807, 2.05) is 0 Å². The minimum absolute atomic E-state index is 0.181. The lowest BCUT2D eigenvalue weighted by Gasteiger charge is -2.29. The van der Waals surface area contributed by atoms with Gasteiger partial charge in [0, 0.05) is 22.2 Å². The van der Waals surface area contributed by atoms with Crippen molar-refractivity contribution in [3.05, 3.63) is 57.4 Å². The molecule has 2 aliphatic rings. The zero-order chi connectivity index (χ0) is 21.1. The average Bonchev–Trinajstić information content (AvgIpc) is 3.07. The number of nitrogen functional groups attached to an aromatic ring is 1. The van der Waals surface area contributed by atoms with Crippen LogP contribution in [0.2, 0.25) is 0 Å². The molecule has 2 aromatic heterocycles. The van der Waals surface area contributed by atoms with Gasteiger partial charge < -0.3 is 20.1 Å². The normalized spacial score (nSPS) is 19.7. The van der Waals surface area contributed by atoms with E-state index in [-0.39, 0.29) is 35.9 Å². The molecular weight excluding hydrogens is 378 g/mol. The van der Waals surface area contributed by atoms with Gasteiger partial charge in [0.2, 0.25) is 0 Å². The summed E-state index contributed by atoms with van der Waals surface area (Å²) in [6.07, 6.45) is 1.69. The second-order valence-electron chi connectivity index (χ2n) is 6.80. The van der Waals surface area contributed by atoms with Crippen molar-refractivity contribution in [2.75, 3.05) is 12.0 Å². The summed E-state index contributed by atoms with van der Waals surface area (Å²) in [7, 11) is 0. The monoisotopic (exact) mass is 399 g/mol. The molecule has 2 aliphatic heterocycles. The molecule has 8 heteroatoms. The number of nitrogens with two attached hydrogens (primary N) is 1. The molecule has 7 nitrogen and oxygen atoms in total. The van der Waals surface area contributed by atoms with Crippen LogP contribution in [0.4, 0.5) is 5.69 Å². The summed E-state index contributed by atoms with van der Waals surface area (Å²) in [4.78, 5) is 29.6. The Kier molecular flexibility index (Phi) is 3.92. The van der Waals surface area contributed by atoms with Crippen molar-refractivity contribution in [1.82, 2.24) is 9.55 Å². The van der Waals surface area contributed by atoms with Gasteiger partial charge in [0.15, 0.2) is 5.60 Å². The maximum absolute atomic E-state index is 13.0. The zero-order valence-corrected chi connectivity index (χ0v) is 16.2. The zero-order valence-electron chi connectivity index (χ0n) is 16.3. The van der Waals surface area contributed by atoms with Crippen LogP contribution < -0.4 is 11.3 Å². The van der Waals surface area contributed by atoms with E-state index >= 15 is 0 Å². The van der Waals surface area contributed by atoms with Gasteiger partial charge in [-0.15, -0.1) is 0 Å². The average molecular weight is 399 g/mol. The van der Waals surface area contributed by atoms with Crippen LogP contribution in [0.5, 0.6) is 0 Å². The number of fused-ring (bicyclic) bond motifs is 5. The topological polar surface area (TPSA) is 107 Å². The Balaban J connectivity index is 0.000000994. The van der Waals surface area contributed by atoms with Crippen LogP contribution in [0.25, 0.3) is 22.3 Å². The number of carbonyl (C=O) groups is 1. The minimum Gasteiger partial charge on any atom is -0.458 e. The van der Waals surface area contributed by atoms with E-state index in [9.17, 15) is 14.7 Å². The number of hydrogen-bond donors (Lipinski definition) is 3. The number of esters is 1. The van der Waals surface area contributed by atoms with E-state index in [1.54, 1.807) is 30.5 Å². The Labute approximate surface area is 167 Å². The van der Waals surface area contributed by atoms with E-state index in [4.69, 9.17) is 11.8 Å². The molecule has 4 heterocycles. The lowest BCUT2D eigenvalue weighted by molar-refractivity contribution is -0.169. The van der Waals surface area contributed by atoms with Crippen molar-refractivity contribution in [1.29, 1.82) is 0 Å². The van der Waals surface area contributed by atoms with Gasteiger partial charge in [-0.1, -0.05) is 0 Å². The molecule has 0 amide bonds. The molecule has 0 aliphatic carbocycles. The maximum atomic E-state index is 13.0. The van der Waals surface area contributed by atoms with Crippen LogP contribution in [0, 0.1) is 0 Å². The van der Waals surface area contributed by atoms with Gasteiger partial charge in [0.1, 0.15) is 6.61 Å². The highest BCUT2D eigenvalue weighted by atomic mass is 32.1. The fourth-order valence-corrected chi connectivity index (χ4v) is 3.65. The van der Waals surface area contributed by atoms with Crippen LogP contribution >= 0.6 is 12.6 Å². The van der Waals surface area contributed by atoms with Gasteiger partial charge in [-0.3, -0.25) is 4.79 Å². The minimum atomic E-state index is -1.90. The van der Waals surface area contributed by atoms with Gasteiger partial charge in [0.05, 0.1) is 30.4 Å². The van der Waals surface area contributed by atoms with Crippen molar-refractivity contribution in [2.45, 2.75) is 25.7 Å². The molecule has 0 fully saturated rings. The standard InChI is InChI=1S/C19H15N3O4.CH4S/c1-19(25)13-6-15-16-10(4-9-5-11(20)2-3-14(9)21-16)7-22(15)17(23)12(13)8-26-18(19)24;1-2/h2-6,25H,7-8,20H2,1H3;2H,1H3/t19-;/m0./s1/i4T;. The van der Waals surface area contributed by atoms with Crippen molar-refractivity contribution in [3.8, 4) is 11.4 Å². The van der Waals surface area contributed by atoms with E-state index in [0.29, 0.717) is 33.5 Å². The first-order chi connectivity index (χ1) is 13.8. The molecule has 0 bridgehead atoms. The number of aliphatic hydroxyl groups is 1. The van der Waals surface area contributed by atoms with Gasteiger partial charge in [0.25, 0.3) is 5.56 Å². The molecule has 28 heavy (non-hydrogen) atoms. The fraction of sp³-hybridized carbons (Fsp3) is 0.250. The predicted molar refractivity (Wildman–Crippen MR) is 109 cm³/mol. The molecule has 144 valence electrons. The van der Waals surface area contributed by atoms with Crippen molar-refractivity contribution >= 4 is 35.2 Å². The summed E-state index contributed by atoms with van der Waals surface area (Å²) in [6.45, 7) is 1.33. The van der Waals surface area contributed by atoms with Crippen molar-refractivity contribution < 1.29 is 16.0 Å². The van der Waals surface area contributed by atoms with E-state index < -0.39 is 11.6 Å². The SMILES string of the molecule is CS.[3H]c1c2c(nc3ccc(N)cc13)-c1cc3c(c(=O)n1C2)COC(=O)[C@@]3(C)O. The third-order valence-electron chi connectivity index (χ3n) is 5.05. The largest absolute Gasteiger partial charge is 0.458 e. The lowest BCUT2D eigenvalue weighted by Crippen LogP contribution is -2.42. The van der Waals surface area contributed by atoms with Gasteiger partial charge >= 0.3 is 5.97 Å². The third-order valence-corrected chi connectivity index (χ3v) is 5.05. The Hall–Kier alpha value is -2.84. The number of cyclic esters (lactones) is 1. The highest BCUT2D eigenvalue weighted by Gasteiger charge is 2.42. The molecule has 0 unspecified atom stereocenters. The maximum Gasteiger partial charge on any atom is 0.342 e. The van der Waals surface area contributed by atoms with Crippen molar-refractivity contribution in [3.63, 3.8) is 0 Å². The third kappa shape index (κ3) is 2.52. The second kappa shape index (κ2) is 6.35. The molecule has 0 spiro atoms. The van der Waals surface area contributed by atoms with Gasteiger partial charge in [-0.25, -0.2) is 9.78 Å². The fourth-order valence-electron chi connectivity index (χ4n) is 3.65. The van der Waals surface area contributed by atoms with Gasteiger partial charge in [-0.2, -0.15) is 12.6 Å². The number of hydrogen-bond acceptors (Lipinski definition) is 7. The number of aromatic nitrogens is 2. The second-order valence-corrected chi connectivity index (χ2v) is 6.80. The number of benzene rings is 1. The summed E-state index contributed by atoms with van der Waals surface area (Å²) in [5.74, 6) is -0.791. The number of carbonyl (C=O) groups excluding carboxylic acids is 1. The Bertz CT molecular complexity index is 1250. The first-order valence-corrected chi connectivity index (χ1v) is 9.49. The quantitative estimate of drug-likeness (QED) is 0.237. The summed E-state index contributed by atoms with van der Waals surface area (Å²) in [6, 6.07) is 7.01. The number of nitrogens with zero attached hydrogens (tertiary/aromatic N) is 2. The van der Waals surface area contributed by atoms with Crippen LogP contribution in [0.15, 0.2) is 35.1 Å². The first kappa shape index (κ1) is 17.3. The van der Waals surface area contributed by atoms with Crippen LogP contribution in [0.1, 0.15) is 25.0 Å². The molecule has 0 radical (unpaired) electrons.